The first kappa shape index (κ1) is 40.5. The van der Waals surface area contributed by atoms with Crippen molar-refractivity contribution in [1.29, 1.82) is 0 Å². The second-order valence-electron chi connectivity index (χ2n) is 14.5. The number of carbonyl (C=O) groups excluding carboxylic acids is 5. The summed E-state index contributed by atoms with van der Waals surface area (Å²) in [4.78, 5) is 63.0. The van der Waals surface area contributed by atoms with Crippen molar-refractivity contribution in [2.45, 2.75) is 155 Å². The highest BCUT2D eigenvalue weighted by Crippen LogP contribution is 2.45. The lowest BCUT2D eigenvalue weighted by atomic mass is 9.83. The molecule has 14 heteroatoms. The smallest absolute Gasteiger partial charge is 0.303 e. The minimum Gasteiger partial charge on any atom is -0.456 e. The first-order valence-corrected chi connectivity index (χ1v) is 20.8. The average molecular weight is 675 g/mol. The normalized spacial score (nSPS) is 26.6. The fourth-order valence-corrected chi connectivity index (χ4v) is 6.96. The molecule has 1 fully saturated rings. The molecule has 0 heterocycles. The lowest BCUT2D eigenvalue weighted by Crippen LogP contribution is -2.67. The summed E-state index contributed by atoms with van der Waals surface area (Å²) in [6.07, 6.45) is -10.0. The zero-order valence-electron chi connectivity index (χ0n) is 29.6. The Morgan fingerprint density at radius 1 is 0.489 bits per heavy atom. The number of hydrogen-bond donors (Lipinski definition) is 0. The summed E-state index contributed by atoms with van der Waals surface area (Å²) in [5.41, 5.74) is 0.126. The van der Waals surface area contributed by atoms with E-state index in [-0.39, 0.29) is 15.6 Å². The fourth-order valence-electron chi connectivity index (χ4n) is 4.39. The number of esters is 5. The van der Waals surface area contributed by atoms with Gasteiger partial charge in [-0.1, -0.05) is 48.1 Å². The van der Waals surface area contributed by atoms with Gasteiger partial charge in [0.25, 0.3) is 0 Å². The van der Waals surface area contributed by atoms with Gasteiger partial charge in [-0.15, -0.1) is 0 Å². The van der Waals surface area contributed by atoms with Gasteiger partial charge >= 0.3 is 29.8 Å². The van der Waals surface area contributed by atoms with Crippen molar-refractivity contribution in [3.63, 3.8) is 0 Å². The maximum absolute atomic E-state index is 12.8. The van der Waals surface area contributed by atoms with Crippen LogP contribution in [0.5, 0.6) is 0 Å². The van der Waals surface area contributed by atoms with Gasteiger partial charge in [0.2, 0.25) is 0 Å². The van der Waals surface area contributed by atoms with E-state index < -0.39 is 89.2 Å². The molecule has 1 aliphatic carbocycles. The molecule has 45 heavy (non-hydrogen) atoms. The van der Waals surface area contributed by atoms with Crippen molar-refractivity contribution in [1.82, 2.24) is 0 Å². The Bertz CT molecular complexity index is 1130. The lowest BCUT2D eigenvalue weighted by Gasteiger charge is -2.51. The Balaban J connectivity index is 4.41. The van der Waals surface area contributed by atoms with Crippen LogP contribution in [0.4, 0.5) is 0 Å². The second kappa shape index (κ2) is 14.9. The molecule has 12 nitrogen and oxygen atoms in total. The van der Waals surface area contributed by atoms with Gasteiger partial charge in [0, 0.05) is 34.6 Å². The third-order valence-electron chi connectivity index (χ3n) is 8.59. The fraction of sp³-hybridized carbons (Fsp3) is 0.774. The van der Waals surface area contributed by atoms with Crippen molar-refractivity contribution >= 4 is 46.5 Å². The van der Waals surface area contributed by atoms with E-state index in [1.165, 1.54) is 6.92 Å². The number of ether oxygens (including phenoxy) is 5. The number of hydrogen-bond acceptors (Lipinski definition) is 12. The minimum atomic E-state index is -2.78. The predicted molar refractivity (Wildman–Crippen MR) is 171 cm³/mol. The van der Waals surface area contributed by atoms with Gasteiger partial charge in [-0.25, -0.2) is 0 Å². The topological polar surface area (TPSA) is 150 Å². The maximum Gasteiger partial charge on any atom is 0.303 e. The molecule has 0 radical (unpaired) electrons. The summed E-state index contributed by atoms with van der Waals surface area (Å²) in [5.74, 6) is -3.97. The van der Waals surface area contributed by atoms with E-state index in [2.05, 4.69) is 6.58 Å². The van der Waals surface area contributed by atoms with Gasteiger partial charge in [0.05, 0.1) is 6.10 Å². The Morgan fingerprint density at radius 3 is 1.11 bits per heavy atom. The summed E-state index contributed by atoms with van der Waals surface area (Å²) in [6, 6.07) is 0. The van der Waals surface area contributed by atoms with Crippen LogP contribution in [0.3, 0.4) is 0 Å². The van der Waals surface area contributed by atoms with E-state index in [1.807, 2.05) is 67.7 Å². The lowest BCUT2D eigenvalue weighted by molar-refractivity contribution is -0.223. The molecule has 0 aromatic rings. The molecule has 1 aliphatic rings. The van der Waals surface area contributed by atoms with Crippen molar-refractivity contribution in [2.75, 3.05) is 0 Å². The van der Waals surface area contributed by atoms with E-state index in [4.69, 9.17) is 32.5 Å². The average Bonchev–Trinajstić information content (AvgIpc) is 2.81. The molecular weight excluding hydrogens is 621 g/mol. The Morgan fingerprint density at radius 2 is 0.778 bits per heavy atom. The van der Waals surface area contributed by atoms with Crippen LogP contribution in [-0.2, 0) is 56.5 Å². The third-order valence-corrected chi connectivity index (χ3v) is 17.5. The van der Waals surface area contributed by atoms with Crippen LogP contribution in [0.2, 0.25) is 36.3 Å². The van der Waals surface area contributed by atoms with E-state index >= 15 is 0 Å². The van der Waals surface area contributed by atoms with Crippen molar-refractivity contribution < 1.29 is 56.5 Å². The Kier molecular flexibility index (Phi) is 13.4. The standard InChI is InChI=1S/C31H54O12Si2/c1-17-23(37-18(2)32)25(38-19(3)33)26(39-20(4)34)27(40-21(5)35)28(41-22(6)36)29(43-45(15,16)31(10,11)12)24(17)42-44(13,14)30(7,8)9/h23-29H,1H2,2-16H3/t23-,24+,25-,26-,27-,28-,29-/m0/s1. The van der Waals surface area contributed by atoms with Crippen molar-refractivity contribution in [2.24, 2.45) is 0 Å². The second-order valence-corrected chi connectivity index (χ2v) is 24.1. The number of carbonyl (C=O) groups is 5. The highest BCUT2D eigenvalue weighted by atomic mass is 28.4. The van der Waals surface area contributed by atoms with Crippen molar-refractivity contribution in [3.05, 3.63) is 12.2 Å². The van der Waals surface area contributed by atoms with Crippen LogP contribution >= 0.6 is 0 Å². The Hall–Kier alpha value is -2.56. The summed E-state index contributed by atoms with van der Waals surface area (Å²) in [6.45, 7) is 30.1. The molecule has 0 saturated heterocycles. The highest BCUT2D eigenvalue weighted by molar-refractivity contribution is 6.74. The molecule has 7 atom stereocenters. The monoisotopic (exact) mass is 674 g/mol. The molecule has 0 bridgehead atoms. The molecule has 0 aromatic carbocycles. The van der Waals surface area contributed by atoms with Gasteiger partial charge in [-0.2, -0.15) is 0 Å². The molecule has 0 aliphatic heterocycles. The zero-order chi connectivity index (χ0) is 35.5. The molecule has 258 valence electrons. The molecule has 1 rings (SSSR count). The summed E-state index contributed by atoms with van der Waals surface area (Å²) >= 11 is 0. The molecule has 0 N–H and O–H groups in total. The van der Waals surface area contributed by atoms with E-state index in [0.29, 0.717) is 0 Å². The van der Waals surface area contributed by atoms with Gasteiger partial charge in [-0.05, 0) is 41.8 Å². The van der Waals surface area contributed by atoms with Crippen LogP contribution in [0.1, 0.15) is 76.2 Å². The zero-order valence-corrected chi connectivity index (χ0v) is 31.6. The van der Waals surface area contributed by atoms with E-state index in [0.717, 1.165) is 27.7 Å². The van der Waals surface area contributed by atoms with Gasteiger partial charge in [-0.3, -0.25) is 24.0 Å². The summed E-state index contributed by atoms with van der Waals surface area (Å²) in [5, 5.41) is -0.698. The molecule has 0 amide bonds. The van der Waals surface area contributed by atoms with Gasteiger partial charge in [0.1, 0.15) is 6.10 Å². The number of rotatable bonds is 9. The van der Waals surface area contributed by atoms with E-state index in [1.54, 1.807) is 0 Å². The predicted octanol–water partition coefficient (Wildman–Crippen LogP) is 5.00. The van der Waals surface area contributed by atoms with Gasteiger partial charge in [0.15, 0.2) is 47.2 Å². The minimum absolute atomic E-state index is 0.126. The largest absolute Gasteiger partial charge is 0.456 e. The highest BCUT2D eigenvalue weighted by Gasteiger charge is 2.59. The molecule has 0 spiro atoms. The first-order chi connectivity index (χ1) is 20.1. The summed E-state index contributed by atoms with van der Waals surface area (Å²) in [7, 11) is -5.51. The van der Waals surface area contributed by atoms with Crippen LogP contribution in [-0.4, -0.2) is 89.2 Å². The Labute approximate surface area is 270 Å². The molecule has 0 aromatic heterocycles. The molecular formula is C31H54O12Si2. The summed E-state index contributed by atoms with van der Waals surface area (Å²) < 4.78 is 42.7. The molecule has 1 saturated carbocycles. The third kappa shape index (κ3) is 10.8. The van der Waals surface area contributed by atoms with E-state index in [9.17, 15) is 24.0 Å². The van der Waals surface area contributed by atoms with Crippen LogP contribution < -0.4 is 0 Å². The SMILES string of the molecule is C=C1[C@@H](O[Si](C)(C)C(C)(C)C)[C@H](O[Si](C)(C)C(C)(C)C)[C@@H](OC(C)=O)[C@@H](OC(C)=O)[C@@H](OC(C)=O)[C@@H](OC(C)=O)[C@H]1OC(C)=O. The van der Waals surface area contributed by atoms with Crippen LogP contribution in [0.25, 0.3) is 0 Å². The van der Waals surface area contributed by atoms with Gasteiger partial charge < -0.3 is 32.5 Å². The van der Waals surface area contributed by atoms with Crippen molar-refractivity contribution in [3.8, 4) is 0 Å². The maximum atomic E-state index is 12.8. The van der Waals surface area contributed by atoms with Crippen LogP contribution in [0.15, 0.2) is 12.2 Å². The molecule has 0 unspecified atom stereocenters. The van der Waals surface area contributed by atoms with Crippen LogP contribution in [0, 0.1) is 0 Å². The quantitative estimate of drug-likeness (QED) is 0.140. The first-order valence-electron chi connectivity index (χ1n) is 15.0.